The third-order valence-electron chi connectivity index (χ3n) is 4.41. The van der Waals surface area contributed by atoms with Crippen molar-refractivity contribution in [2.24, 2.45) is 11.7 Å². The van der Waals surface area contributed by atoms with Gasteiger partial charge in [-0.2, -0.15) is 0 Å². The van der Waals surface area contributed by atoms with E-state index in [-0.39, 0.29) is 23.6 Å². The lowest BCUT2D eigenvalue weighted by atomic mass is 9.89. The van der Waals surface area contributed by atoms with Crippen LogP contribution in [0.3, 0.4) is 0 Å². The second kappa shape index (κ2) is 8.40. The number of rotatable bonds is 8. The summed E-state index contributed by atoms with van der Waals surface area (Å²) in [5.41, 5.74) is 4.89. The second-order valence-corrected chi connectivity index (χ2v) is 7.20. The summed E-state index contributed by atoms with van der Waals surface area (Å²) in [5, 5.41) is 0. The Kier molecular flexibility index (Phi) is 6.14. The van der Waals surface area contributed by atoms with E-state index in [9.17, 15) is 17.6 Å². The van der Waals surface area contributed by atoms with E-state index in [1.807, 2.05) is 0 Å². The van der Waals surface area contributed by atoms with Gasteiger partial charge in [0.1, 0.15) is 23.7 Å². The molecule has 2 aromatic rings. The molecule has 0 saturated carbocycles. The first kappa shape index (κ1) is 20.5. The number of alkyl halides is 4. The number of hydrogen-bond donors (Lipinski definition) is 1. The molecule has 1 unspecified atom stereocenters. The van der Waals surface area contributed by atoms with E-state index in [0.29, 0.717) is 25.6 Å². The Morgan fingerprint density at radius 3 is 2.57 bits per heavy atom. The molecule has 0 radical (unpaired) electrons. The normalized spacial score (nSPS) is 16.9. The van der Waals surface area contributed by atoms with Gasteiger partial charge in [-0.25, -0.2) is 22.5 Å². The largest absolute Gasteiger partial charge is 0.490 e. The molecule has 28 heavy (non-hydrogen) atoms. The first-order valence-electron chi connectivity index (χ1n) is 8.78. The number of aromatic nitrogens is 2. The fourth-order valence-corrected chi connectivity index (χ4v) is 2.99. The Morgan fingerprint density at radius 2 is 1.96 bits per heavy atom. The molecule has 0 aromatic carbocycles. The van der Waals surface area contributed by atoms with Gasteiger partial charge in [0, 0.05) is 23.2 Å². The zero-order chi connectivity index (χ0) is 20.3. The zero-order valence-corrected chi connectivity index (χ0v) is 15.2. The minimum Gasteiger partial charge on any atom is -0.490 e. The molecule has 2 aromatic heterocycles. The molecule has 0 aliphatic carbocycles. The third kappa shape index (κ3) is 4.96. The lowest BCUT2D eigenvalue weighted by Crippen LogP contribution is -2.47. The van der Waals surface area contributed by atoms with Crippen LogP contribution in [0.2, 0.25) is 0 Å². The van der Waals surface area contributed by atoms with E-state index >= 15 is 0 Å². The highest BCUT2D eigenvalue weighted by atomic mass is 19.3. The van der Waals surface area contributed by atoms with E-state index in [1.54, 1.807) is 6.92 Å². The van der Waals surface area contributed by atoms with Crippen molar-refractivity contribution < 1.29 is 27.0 Å². The molecule has 3 rings (SSSR count). The van der Waals surface area contributed by atoms with Gasteiger partial charge in [0.05, 0.1) is 18.9 Å². The molecule has 0 spiro atoms. The molecule has 3 heterocycles. The van der Waals surface area contributed by atoms with Crippen LogP contribution in [0.15, 0.2) is 30.5 Å². The monoisotopic (exact) mass is 399 g/mol. The molecule has 9 heteroatoms. The van der Waals surface area contributed by atoms with Crippen LogP contribution in [0.25, 0.3) is 11.3 Å². The predicted octanol–water partition coefficient (Wildman–Crippen LogP) is 4.15. The van der Waals surface area contributed by atoms with Crippen LogP contribution < -0.4 is 10.5 Å². The number of hydrogen-bond acceptors (Lipinski definition) is 5. The first-order chi connectivity index (χ1) is 13.2. The molecule has 0 amide bonds. The third-order valence-corrected chi connectivity index (χ3v) is 4.41. The van der Waals surface area contributed by atoms with Gasteiger partial charge in [-0.15, -0.1) is 0 Å². The molecule has 1 atom stereocenters. The van der Waals surface area contributed by atoms with Crippen molar-refractivity contribution >= 4 is 0 Å². The number of nitrogens with two attached hydrogens (primary N) is 1. The van der Waals surface area contributed by atoms with Gasteiger partial charge in [0.25, 0.3) is 12.9 Å². The van der Waals surface area contributed by atoms with Gasteiger partial charge in [-0.3, -0.25) is 4.98 Å². The van der Waals surface area contributed by atoms with Crippen molar-refractivity contribution in [3.8, 4) is 17.0 Å². The molecule has 1 saturated heterocycles. The van der Waals surface area contributed by atoms with Gasteiger partial charge in [-0.05, 0) is 37.6 Å². The molecule has 152 valence electrons. The lowest BCUT2D eigenvalue weighted by molar-refractivity contribution is -0.0467. The summed E-state index contributed by atoms with van der Waals surface area (Å²) in [6.45, 7) is 3.10. The molecule has 1 aliphatic heterocycles. The van der Waals surface area contributed by atoms with Crippen molar-refractivity contribution in [1.82, 2.24) is 9.97 Å². The molecule has 0 bridgehead atoms. The smallest absolute Gasteiger partial charge is 0.284 e. The quantitative estimate of drug-likeness (QED) is 0.676. The van der Waals surface area contributed by atoms with Crippen LogP contribution in [-0.4, -0.2) is 35.3 Å². The summed E-state index contributed by atoms with van der Waals surface area (Å²) in [7, 11) is 0. The number of nitrogens with zero attached hydrogens (tertiary/aromatic N) is 2. The molecular weight excluding hydrogens is 378 g/mol. The topological polar surface area (TPSA) is 70.3 Å². The maximum atomic E-state index is 13.5. The average molecular weight is 399 g/mol. The van der Waals surface area contributed by atoms with Crippen LogP contribution in [0.5, 0.6) is 5.75 Å². The van der Waals surface area contributed by atoms with E-state index in [1.165, 1.54) is 24.4 Å². The fraction of sp³-hybridized carbons (Fsp3) is 0.474. The summed E-state index contributed by atoms with van der Waals surface area (Å²) in [6, 6.07) is 5.36. The number of halogens is 4. The van der Waals surface area contributed by atoms with Crippen LogP contribution >= 0.6 is 0 Å². The molecule has 1 fully saturated rings. The minimum atomic E-state index is -2.89. The van der Waals surface area contributed by atoms with Gasteiger partial charge in [0.2, 0.25) is 0 Å². The number of ether oxygens (including phenoxy) is 2. The van der Waals surface area contributed by atoms with Crippen LogP contribution in [0, 0.1) is 5.92 Å². The van der Waals surface area contributed by atoms with Gasteiger partial charge >= 0.3 is 0 Å². The Labute approximate surface area is 159 Å². The van der Waals surface area contributed by atoms with Crippen LogP contribution in [0.4, 0.5) is 17.6 Å². The van der Waals surface area contributed by atoms with E-state index in [4.69, 9.17) is 15.2 Å². The van der Waals surface area contributed by atoms with Crippen molar-refractivity contribution in [3.63, 3.8) is 0 Å². The Balaban J connectivity index is 1.78. The second-order valence-electron chi connectivity index (χ2n) is 7.20. The molecule has 1 aliphatic rings. The summed E-state index contributed by atoms with van der Waals surface area (Å²) in [4.78, 5) is 7.48. The summed E-state index contributed by atoms with van der Waals surface area (Å²) in [5.74, 6) is 0.257. The first-order valence-corrected chi connectivity index (χ1v) is 8.78. The number of pyridine rings is 2. The average Bonchev–Trinajstić information content (AvgIpc) is 2.63. The standard InChI is InChI=1S/C19H21F4N3O2/c1-19(24,7-11-8-27-9-11)10-28-15-3-2-13(26-16(15)18(22)23)12-4-5-25-14(6-12)17(20)21/h2-6,11,17-18H,7-10,24H2,1H3. The van der Waals surface area contributed by atoms with Crippen molar-refractivity contribution in [1.29, 1.82) is 0 Å². The van der Waals surface area contributed by atoms with Gasteiger partial charge < -0.3 is 15.2 Å². The van der Waals surface area contributed by atoms with Gasteiger partial charge in [-0.1, -0.05) is 0 Å². The predicted molar refractivity (Wildman–Crippen MR) is 94.4 cm³/mol. The van der Waals surface area contributed by atoms with Crippen molar-refractivity contribution in [2.75, 3.05) is 19.8 Å². The highest BCUT2D eigenvalue weighted by Gasteiger charge is 2.30. The van der Waals surface area contributed by atoms with Gasteiger partial charge in [0.15, 0.2) is 0 Å². The van der Waals surface area contributed by atoms with Crippen LogP contribution in [-0.2, 0) is 4.74 Å². The lowest BCUT2D eigenvalue weighted by Gasteiger charge is -2.34. The maximum absolute atomic E-state index is 13.5. The Morgan fingerprint density at radius 1 is 1.21 bits per heavy atom. The summed E-state index contributed by atoms with van der Waals surface area (Å²) >= 11 is 0. The Hall–Kier alpha value is -2.26. The molecule has 2 N–H and O–H groups in total. The zero-order valence-electron chi connectivity index (χ0n) is 15.2. The van der Waals surface area contributed by atoms with E-state index in [2.05, 4.69) is 9.97 Å². The van der Waals surface area contributed by atoms with Crippen molar-refractivity contribution in [2.45, 2.75) is 31.7 Å². The fourth-order valence-electron chi connectivity index (χ4n) is 2.99. The minimum absolute atomic E-state index is 0.0367. The van der Waals surface area contributed by atoms with E-state index in [0.717, 1.165) is 6.07 Å². The van der Waals surface area contributed by atoms with Crippen LogP contribution in [0.1, 0.15) is 37.6 Å². The van der Waals surface area contributed by atoms with Crippen molar-refractivity contribution in [3.05, 3.63) is 41.9 Å². The Bertz CT molecular complexity index is 814. The highest BCUT2D eigenvalue weighted by molar-refractivity contribution is 5.60. The SMILES string of the molecule is CC(N)(COc1ccc(-c2ccnc(C(F)F)c2)nc1C(F)F)CC1COC1. The molecular formula is C19H21F4N3O2. The summed E-state index contributed by atoms with van der Waals surface area (Å²) in [6.07, 6.45) is -3.82. The summed E-state index contributed by atoms with van der Waals surface area (Å²) < 4.78 is 63.3. The maximum Gasteiger partial charge on any atom is 0.284 e. The van der Waals surface area contributed by atoms with E-state index < -0.39 is 29.8 Å². The molecule has 5 nitrogen and oxygen atoms in total. The highest BCUT2D eigenvalue weighted by Crippen LogP contribution is 2.32.